The Bertz CT molecular complexity index is 369. The van der Waals surface area contributed by atoms with E-state index < -0.39 is 0 Å². The second-order valence-corrected chi connectivity index (χ2v) is 6.55. The normalized spacial score (nSPS) is 14.4. The molecule has 0 fully saturated rings. The largest absolute Gasteiger partial charge is 0.428 e. The number of aryl methyl sites for hydroxylation is 1. The van der Waals surface area contributed by atoms with E-state index in [-0.39, 0.29) is 5.41 Å². The maximum atomic E-state index is 6.04. The average Bonchev–Trinajstić information content (AvgIpc) is 2.77. The maximum absolute atomic E-state index is 6.04. The molecule has 1 aromatic rings. The zero-order chi connectivity index (χ0) is 15.0. The number of hydrogen-bond donors (Lipinski definition) is 0. The number of halogens is 1. The van der Waals surface area contributed by atoms with Crippen molar-refractivity contribution in [1.82, 2.24) is 4.98 Å². The first-order valence-corrected chi connectivity index (χ1v) is 8.54. The van der Waals surface area contributed by atoms with E-state index in [0.717, 1.165) is 24.4 Å². The molecule has 2 nitrogen and oxygen atoms in total. The van der Waals surface area contributed by atoms with Crippen LogP contribution in [-0.2, 0) is 5.41 Å². The van der Waals surface area contributed by atoms with Crippen molar-refractivity contribution in [3.63, 3.8) is 0 Å². The first-order valence-electron chi connectivity index (χ1n) is 8.17. The summed E-state index contributed by atoms with van der Waals surface area (Å²) >= 11 is 6.04. The Morgan fingerprint density at radius 2 is 1.60 bits per heavy atom. The molecule has 0 spiro atoms. The molecule has 0 aromatic carbocycles. The highest BCUT2D eigenvalue weighted by atomic mass is 35.5. The van der Waals surface area contributed by atoms with Gasteiger partial charge in [-0.05, 0) is 31.4 Å². The Labute approximate surface area is 129 Å². The van der Waals surface area contributed by atoms with Crippen molar-refractivity contribution in [2.75, 3.05) is 0 Å². The molecule has 0 radical (unpaired) electrons. The molecule has 0 bridgehead atoms. The van der Waals surface area contributed by atoms with Gasteiger partial charge >= 0.3 is 0 Å². The van der Waals surface area contributed by atoms with Crippen molar-refractivity contribution in [3.8, 4) is 0 Å². The van der Waals surface area contributed by atoms with Crippen LogP contribution >= 0.6 is 11.6 Å². The van der Waals surface area contributed by atoms with Crippen LogP contribution in [0.25, 0.3) is 0 Å². The molecule has 1 heterocycles. The molecule has 3 heteroatoms. The molecule has 0 aliphatic carbocycles. The smallest absolute Gasteiger partial charge is 0.216 e. The molecule has 0 amide bonds. The summed E-state index contributed by atoms with van der Waals surface area (Å²) in [6, 6.07) is 0. The minimum atomic E-state index is 0.0418. The lowest BCUT2D eigenvalue weighted by Gasteiger charge is -2.26. The average molecular weight is 300 g/mol. The fraction of sp³-hybridized carbons (Fsp3) is 0.824. The van der Waals surface area contributed by atoms with Crippen molar-refractivity contribution in [3.05, 3.63) is 16.8 Å². The third-order valence-corrected chi connectivity index (χ3v) is 4.52. The lowest BCUT2D eigenvalue weighted by Crippen LogP contribution is -2.22. The predicted molar refractivity (Wildman–Crippen MR) is 86.5 cm³/mol. The summed E-state index contributed by atoms with van der Waals surface area (Å²) in [5.41, 5.74) is 0.857. The van der Waals surface area contributed by atoms with Gasteiger partial charge in [-0.3, -0.25) is 0 Å². The van der Waals surface area contributed by atoms with E-state index in [1.54, 1.807) is 0 Å². The Kier molecular flexibility index (Phi) is 7.65. The van der Waals surface area contributed by atoms with Gasteiger partial charge in [-0.15, -0.1) is 0 Å². The molecule has 0 N–H and O–H groups in total. The van der Waals surface area contributed by atoms with E-state index in [9.17, 15) is 0 Å². The van der Waals surface area contributed by atoms with E-state index in [2.05, 4.69) is 25.8 Å². The van der Waals surface area contributed by atoms with Gasteiger partial charge in [-0.2, -0.15) is 0 Å². The molecule has 116 valence electrons. The number of hydrogen-bond acceptors (Lipinski definition) is 2. The van der Waals surface area contributed by atoms with Crippen molar-refractivity contribution < 1.29 is 4.42 Å². The second kappa shape index (κ2) is 8.71. The summed E-state index contributed by atoms with van der Waals surface area (Å²) in [4.78, 5) is 4.55. The highest BCUT2D eigenvalue weighted by molar-refractivity contribution is 6.29. The monoisotopic (exact) mass is 299 g/mol. The second-order valence-electron chi connectivity index (χ2n) is 6.21. The fourth-order valence-corrected chi connectivity index (χ4v) is 2.78. The fourth-order valence-electron chi connectivity index (χ4n) is 2.66. The number of oxazole rings is 1. The summed E-state index contributed by atoms with van der Waals surface area (Å²) in [5, 5.41) is 0.453. The van der Waals surface area contributed by atoms with Crippen LogP contribution in [0.3, 0.4) is 0 Å². The first kappa shape index (κ1) is 17.6. The van der Waals surface area contributed by atoms with E-state index in [1.165, 1.54) is 44.9 Å². The first-order chi connectivity index (χ1) is 9.53. The zero-order valence-electron chi connectivity index (χ0n) is 13.6. The molecular weight excluding hydrogens is 270 g/mol. The van der Waals surface area contributed by atoms with Gasteiger partial charge in [0.15, 0.2) is 0 Å². The van der Waals surface area contributed by atoms with Gasteiger partial charge in [0.2, 0.25) is 11.1 Å². The third-order valence-electron chi connectivity index (χ3n) is 4.17. The molecule has 20 heavy (non-hydrogen) atoms. The van der Waals surface area contributed by atoms with E-state index in [0.29, 0.717) is 5.22 Å². The van der Waals surface area contributed by atoms with Gasteiger partial charge in [0.1, 0.15) is 0 Å². The molecule has 0 aliphatic heterocycles. The Balaban J connectivity index is 2.65. The van der Waals surface area contributed by atoms with Gasteiger partial charge in [0.05, 0.1) is 5.69 Å². The van der Waals surface area contributed by atoms with Gasteiger partial charge < -0.3 is 4.42 Å². The van der Waals surface area contributed by atoms with Crippen LogP contribution in [0.4, 0.5) is 0 Å². The van der Waals surface area contributed by atoms with Crippen LogP contribution in [0, 0.1) is 6.92 Å². The highest BCUT2D eigenvalue weighted by Crippen LogP contribution is 2.36. The molecule has 0 saturated carbocycles. The van der Waals surface area contributed by atoms with Crippen molar-refractivity contribution in [2.45, 2.75) is 90.9 Å². The number of unbranched alkanes of at least 4 members (excludes halogenated alkanes) is 5. The summed E-state index contributed by atoms with van der Waals surface area (Å²) < 4.78 is 5.71. The quantitative estimate of drug-likeness (QED) is 0.464. The van der Waals surface area contributed by atoms with Crippen LogP contribution in [-0.4, -0.2) is 4.98 Å². The Morgan fingerprint density at radius 1 is 1.00 bits per heavy atom. The van der Waals surface area contributed by atoms with E-state index >= 15 is 0 Å². The van der Waals surface area contributed by atoms with Crippen LogP contribution in [0.2, 0.25) is 5.22 Å². The summed E-state index contributed by atoms with van der Waals surface area (Å²) in [7, 11) is 0. The number of aromatic nitrogens is 1. The predicted octanol–water partition coefficient (Wildman–Crippen LogP) is 6.44. The van der Waals surface area contributed by atoms with E-state index in [4.69, 9.17) is 16.0 Å². The lowest BCUT2D eigenvalue weighted by atomic mass is 9.79. The van der Waals surface area contributed by atoms with Crippen LogP contribution in [0.15, 0.2) is 4.42 Å². The molecule has 1 atom stereocenters. The van der Waals surface area contributed by atoms with Gasteiger partial charge in [0.25, 0.3) is 0 Å². The summed E-state index contributed by atoms with van der Waals surface area (Å²) in [5.74, 6) is 0.837. The zero-order valence-corrected chi connectivity index (χ0v) is 14.4. The SMILES string of the molecule is CCCCCCCC(C)(CCCC)c1nc(C)c(Cl)o1. The van der Waals surface area contributed by atoms with Crippen LogP contribution in [0.1, 0.15) is 90.1 Å². The molecular formula is C17H30ClNO. The molecule has 1 aromatic heterocycles. The Hall–Kier alpha value is -0.500. The Morgan fingerprint density at radius 3 is 2.15 bits per heavy atom. The van der Waals surface area contributed by atoms with Gasteiger partial charge in [-0.25, -0.2) is 4.98 Å². The molecule has 0 saturated heterocycles. The third kappa shape index (κ3) is 5.12. The molecule has 1 rings (SSSR count). The molecule has 1 unspecified atom stereocenters. The molecule has 0 aliphatic rings. The number of nitrogens with zero attached hydrogens (tertiary/aromatic N) is 1. The van der Waals surface area contributed by atoms with Gasteiger partial charge in [0, 0.05) is 5.41 Å². The van der Waals surface area contributed by atoms with Crippen molar-refractivity contribution >= 4 is 11.6 Å². The maximum Gasteiger partial charge on any atom is 0.216 e. The van der Waals surface area contributed by atoms with Crippen molar-refractivity contribution in [2.24, 2.45) is 0 Å². The van der Waals surface area contributed by atoms with Gasteiger partial charge in [-0.1, -0.05) is 65.7 Å². The number of rotatable bonds is 10. The van der Waals surface area contributed by atoms with Crippen molar-refractivity contribution in [1.29, 1.82) is 0 Å². The van der Waals surface area contributed by atoms with E-state index in [1.807, 2.05) is 6.92 Å². The summed E-state index contributed by atoms with van der Waals surface area (Å²) in [6.07, 6.45) is 11.2. The standard InChI is InChI=1S/C17H30ClNO/c1-5-7-9-10-11-13-17(4,12-8-6-2)16-19-14(3)15(18)20-16/h5-13H2,1-4H3. The van der Waals surface area contributed by atoms with Crippen LogP contribution < -0.4 is 0 Å². The summed E-state index contributed by atoms with van der Waals surface area (Å²) in [6.45, 7) is 8.68. The highest BCUT2D eigenvalue weighted by Gasteiger charge is 2.31. The minimum absolute atomic E-state index is 0.0418. The lowest BCUT2D eigenvalue weighted by molar-refractivity contribution is 0.289. The van der Waals surface area contributed by atoms with Crippen LogP contribution in [0.5, 0.6) is 0 Å². The topological polar surface area (TPSA) is 26.0 Å². The minimum Gasteiger partial charge on any atom is -0.428 e.